The maximum Gasteiger partial charge on any atom is 0.343 e. The number of benzene rings is 1. The van der Waals surface area contributed by atoms with E-state index in [2.05, 4.69) is 18.7 Å². The van der Waals surface area contributed by atoms with E-state index < -0.39 is 11.4 Å². The van der Waals surface area contributed by atoms with Crippen LogP contribution >= 0.6 is 0 Å². The highest BCUT2D eigenvalue weighted by Crippen LogP contribution is 2.39. The van der Waals surface area contributed by atoms with Crippen molar-refractivity contribution in [2.45, 2.75) is 65.4 Å². The molecule has 2 aliphatic rings. The fraction of sp³-hybridized carbons (Fsp3) is 0.517. The molecule has 36 heavy (non-hydrogen) atoms. The highest BCUT2D eigenvalue weighted by molar-refractivity contribution is 6.17. The zero-order valence-electron chi connectivity index (χ0n) is 22.1. The molecule has 0 atom stereocenters. The first kappa shape index (κ1) is 26.0. The Morgan fingerprint density at radius 2 is 1.78 bits per heavy atom. The molecule has 1 aromatic heterocycles. The lowest BCUT2D eigenvalue weighted by Crippen LogP contribution is -2.37. The number of hydrogen-bond acceptors (Lipinski definition) is 6. The number of hydrogen-bond donors (Lipinski definition) is 0. The summed E-state index contributed by atoms with van der Waals surface area (Å²) in [5.74, 6) is 0.511. The minimum absolute atomic E-state index is 0.194. The van der Waals surface area contributed by atoms with Gasteiger partial charge < -0.3 is 18.8 Å². The first-order valence-corrected chi connectivity index (χ1v) is 12.9. The Hall–Kier alpha value is -3.06. The molecule has 0 bridgehead atoms. The summed E-state index contributed by atoms with van der Waals surface area (Å²) in [6.45, 7) is 13.9. The van der Waals surface area contributed by atoms with E-state index >= 15 is 0 Å². The van der Waals surface area contributed by atoms with Crippen molar-refractivity contribution in [1.29, 1.82) is 0 Å². The molecule has 0 unspecified atom stereocenters. The molecule has 2 aliphatic heterocycles. The molecule has 1 saturated heterocycles. The van der Waals surface area contributed by atoms with E-state index in [1.165, 1.54) is 19.3 Å². The standard InChI is InChI=1S/C29H38N2O5/c1-20(2)36-28(33)24-17-31(19-29(4,5)25-21(3)18-35-26(24)25)27(32)22-9-11-23(12-10-22)34-16-15-30-13-7-6-8-14-30/h9-12,17-18,20H,6-8,13-16,19H2,1-5H3. The van der Waals surface area contributed by atoms with Gasteiger partial charge in [-0.3, -0.25) is 9.69 Å². The Morgan fingerprint density at radius 3 is 2.44 bits per heavy atom. The van der Waals surface area contributed by atoms with Crippen LogP contribution in [0.2, 0.25) is 0 Å². The summed E-state index contributed by atoms with van der Waals surface area (Å²) < 4.78 is 17.2. The third-order valence-corrected chi connectivity index (χ3v) is 6.80. The fourth-order valence-corrected chi connectivity index (χ4v) is 5.14. The minimum Gasteiger partial charge on any atom is -0.492 e. The minimum atomic E-state index is -0.506. The summed E-state index contributed by atoms with van der Waals surface area (Å²) >= 11 is 0. The molecule has 0 saturated carbocycles. The fourth-order valence-electron chi connectivity index (χ4n) is 5.14. The predicted octanol–water partition coefficient (Wildman–Crippen LogP) is 5.18. The van der Waals surface area contributed by atoms with Gasteiger partial charge in [0.15, 0.2) is 0 Å². The van der Waals surface area contributed by atoms with Crippen molar-refractivity contribution in [2.75, 3.05) is 32.8 Å². The number of fused-ring (bicyclic) bond motifs is 1. The van der Waals surface area contributed by atoms with Gasteiger partial charge in [-0.05, 0) is 76.5 Å². The molecule has 1 amide bonds. The molecule has 7 nitrogen and oxygen atoms in total. The Morgan fingerprint density at radius 1 is 1.08 bits per heavy atom. The lowest BCUT2D eigenvalue weighted by atomic mass is 9.81. The molecule has 0 N–H and O–H groups in total. The second-order valence-electron chi connectivity index (χ2n) is 10.7. The summed E-state index contributed by atoms with van der Waals surface area (Å²) in [7, 11) is 0. The van der Waals surface area contributed by atoms with Gasteiger partial charge in [0, 0.05) is 35.8 Å². The largest absolute Gasteiger partial charge is 0.492 e. The maximum atomic E-state index is 13.6. The van der Waals surface area contributed by atoms with E-state index in [0.29, 0.717) is 24.5 Å². The normalized spacial score (nSPS) is 17.8. The Kier molecular flexibility index (Phi) is 7.88. The molecule has 0 spiro atoms. The summed E-state index contributed by atoms with van der Waals surface area (Å²) in [5, 5.41) is 0. The van der Waals surface area contributed by atoms with E-state index in [4.69, 9.17) is 13.9 Å². The topological polar surface area (TPSA) is 72.2 Å². The van der Waals surface area contributed by atoms with Crippen molar-refractivity contribution in [3.05, 3.63) is 59.2 Å². The van der Waals surface area contributed by atoms with Crippen LogP contribution in [0, 0.1) is 6.92 Å². The lowest BCUT2D eigenvalue weighted by Gasteiger charge is -2.29. The van der Waals surface area contributed by atoms with E-state index in [1.807, 2.05) is 19.1 Å². The average Bonchev–Trinajstić information content (AvgIpc) is 3.18. The summed E-state index contributed by atoms with van der Waals surface area (Å²) in [6.07, 6.45) is 6.78. The molecular formula is C29H38N2O5. The third-order valence-electron chi connectivity index (χ3n) is 6.80. The van der Waals surface area contributed by atoms with Crippen LogP contribution in [0.1, 0.15) is 74.2 Å². The number of nitrogens with zero attached hydrogens (tertiary/aromatic N) is 2. The van der Waals surface area contributed by atoms with Gasteiger partial charge in [0.1, 0.15) is 23.7 Å². The smallest absolute Gasteiger partial charge is 0.343 e. The third kappa shape index (κ3) is 5.84. The molecular weight excluding hydrogens is 456 g/mol. The number of ether oxygens (including phenoxy) is 2. The van der Waals surface area contributed by atoms with E-state index in [0.717, 1.165) is 36.5 Å². The van der Waals surface area contributed by atoms with Crippen LogP contribution in [-0.2, 0) is 14.9 Å². The van der Waals surface area contributed by atoms with E-state index in [-0.39, 0.29) is 17.6 Å². The SMILES string of the molecule is Cc1coc2c1C(C)(C)CN(C(=O)c1ccc(OCCN3CCCCC3)cc1)C=C2C(=O)OC(C)C. The maximum absolute atomic E-state index is 13.6. The van der Waals surface area contributed by atoms with Crippen molar-refractivity contribution in [1.82, 2.24) is 9.80 Å². The number of esters is 1. The van der Waals surface area contributed by atoms with Crippen molar-refractivity contribution < 1.29 is 23.5 Å². The summed E-state index contributed by atoms with van der Waals surface area (Å²) in [6, 6.07) is 7.22. The predicted molar refractivity (Wildman–Crippen MR) is 139 cm³/mol. The van der Waals surface area contributed by atoms with Gasteiger partial charge in [0.2, 0.25) is 0 Å². The molecule has 3 heterocycles. The van der Waals surface area contributed by atoms with Crippen LogP contribution in [0.5, 0.6) is 5.75 Å². The number of furan rings is 1. The Labute approximate surface area is 214 Å². The number of aryl methyl sites for hydroxylation is 1. The van der Waals surface area contributed by atoms with Crippen molar-refractivity contribution >= 4 is 17.4 Å². The first-order chi connectivity index (χ1) is 17.2. The molecule has 2 aromatic rings. The lowest BCUT2D eigenvalue weighted by molar-refractivity contribution is -0.140. The summed E-state index contributed by atoms with van der Waals surface area (Å²) in [4.78, 5) is 30.6. The van der Waals surface area contributed by atoms with Crippen molar-refractivity contribution in [3.63, 3.8) is 0 Å². The zero-order valence-corrected chi connectivity index (χ0v) is 22.1. The van der Waals surface area contributed by atoms with Crippen LogP contribution < -0.4 is 4.74 Å². The van der Waals surface area contributed by atoms with Gasteiger partial charge in [-0.25, -0.2) is 4.79 Å². The Balaban J connectivity index is 1.51. The van der Waals surface area contributed by atoms with Crippen LogP contribution in [-0.4, -0.2) is 60.6 Å². The second kappa shape index (κ2) is 10.9. The second-order valence-corrected chi connectivity index (χ2v) is 10.7. The van der Waals surface area contributed by atoms with Crippen LogP contribution in [0.25, 0.3) is 5.57 Å². The summed E-state index contributed by atoms with van der Waals surface area (Å²) in [5.41, 5.74) is 2.21. The molecule has 4 rings (SSSR count). The average molecular weight is 495 g/mol. The van der Waals surface area contributed by atoms with Gasteiger partial charge in [0.05, 0.1) is 12.4 Å². The zero-order chi connectivity index (χ0) is 25.9. The van der Waals surface area contributed by atoms with Gasteiger partial charge >= 0.3 is 5.97 Å². The molecule has 1 aromatic carbocycles. The highest BCUT2D eigenvalue weighted by atomic mass is 16.5. The molecule has 1 fully saturated rings. The number of carbonyl (C=O) groups is 2. The quantitative estimate of drug-likeness (QED) is 0.494. The van der Waals surface area contributed by atoms with Gasteiger partial charge in [-0.1, -0.05) is 20.3 Å². The van der Waals surface area contributed by atoms with E-state index in [1.54, 1.807) is 43.3 Å². The van der Waals surface area contributed by atoms with Crippen LogP contribution in [0.4, 0.5) is 0 Å². The van der Waals surface area contributed by atoms with Gasteiger partial charge in [-0.2, -0.15) is 0 Å². The number of likely N-dealkylation sites (tertiary alicyclic amines) is 1. The molecule has 0 aliphatic carbocycles. The molecule has 194 valence electrons. The number of amides is 1. The van der Waals surface area contributed by atoms with Crippen LogP contribution in [0.3, 0.4) is 0 Å². The van der Waals surface area contributed by atoms with Crippen molar-refractivity contribution in [3.8, 4) is 5.75 Å². The monoisotopic (exact) mass is 494 g/mol. The van der Waals surface area contributed by atoms with Gasteiger partial charge in [-0.15, -0.1) is 0 Å². The van der Waals surface area contributed by atoms with Gasteiger partial charge in [0.25, 0.3) is 5.91 Å². The Bertz CT molecular complexity index is 1110. The van der Waals surface area contributed by atoms with E-state index in [9.17, 15) is 9.59 Å². The number of carbonyl (C=O) groups excluding carboxylic acids is 2. The number of rotatable bonds is 7. The molecule has 0 radical (unpaired) electrons. The first-order valence-electron chi connectivity index (χ1n) is 12.9. The highest BCUT2D eigenvalue weighted by Gasteiger charge is 2.38. The van der Waals surface area contributed by atoms with Crippen molar-refractivity contribution in [2.24, 2.45) is 0 Å². The number of piperidine rings is 1. The van der Waals surface area contributed by atoms with Crippen LogP contribution in [0.15, 0.2) is 41.1 Å². The molecule has 7 heteroatoms.